The lowest BCUT2D eigenvalue weighted by Crippen LogP contribution is -2.51. The molecule has 0 spiro atoms. The molecule has 0 aromatic heterocycles. The van der Waals surface area contributed by atoms with Gasteiger partial charge in [0.2, 0.25) is 5.91 Å². The number of carbonyl (C=O) groups is 4. The third-order valence-corrected chi connectivity index (χ3v) is 4.86. The normalized spacial score (nSPS) is 10.2. The summed E-state index contributed by atoms with van der Waals surface area (Å²) in [4.78, 5) is 45.0. The van der Waals surface area contributed by atoms with E-state index >= 15 is 0 Å². The molecule has 1 N–H and O–H groups in total. The van der Waals surface area contributed by atoms with E-state index in [9.17, 15) is 19.2 Å². The SMILES string of the molecule is C=CC(=O)NCC(=O)O[Si](CCC)(OC(C)=O)OC(C)=O. The summed E-state index contributed by atoms with van der Waals surface area (Å²) < 4.78 is 15.0. The maximum atomic E-state index is 11.7. The van der Waals surface area contributed by atoms with Crippen LogP contribution in [0.15, 0.2) is 12.7 Å². The molecule has 0 aliphatic carbocycles. The van der Waals surface area contributed by atoms with Crippen LogP contribution in [0.1, 0.15) is 27.2 Å². The molecule has 0 fully saturated rings. The van der Waals surface area contributed by atoms with Crippen molar-refractivity contribution >= 4 is 32.6 Å². The first-order chi connectivity index (χ1) is 9.74. The Morgan fingerprint density at radius 3 is 2.00 bits per heavy atom. The second-order valence-corrected chi connectivity index (χ2v) is 6.49. The Labute approximate surface area is 123 Å². The third-order valence-electron chi connectivity index (χ3n) is 2.02. The summed E-state index contributed by atoms with van der Waals surface area (Å²) in [5, 5.41) is 2.21. The van der Waals surface area contributed by atoms with Gasteiger partial charge < -0.3 is 18.6 Å². The van der Waals surface area contributed by atoms with Gasteiger partial charge in [-0.25, -0.2) is 0 Å². The zero-order valence-electron chi connectivity index (χ0n) is 12.3. The van der Waals surface area contributed by atoms with Crippen LogP contribution in [-0.2, 0) is 32.5 Å². The quantitative estimate of drug-likeness (QED) is 0.507. The molecule has 0 aromatic carbocycles. The number of rotatable bonds is 8. The van der Waals surface area contributed by atoms with Gasteiger partial charge in [-0.05, 0) is 12.5 Å². The summed E-state index contributed by atoms with van der Waals surface area (Å²) in [5.41, 5.74) is 0. The van der Waals surface area contributed by atoms with Crippen molar-refractivity contribution in [3.05, 3.63) is 12.7 Å². The third kappa shape index (κ3) is 7.87. The Morgan fingerprint density at radius 2 is 1.62 bits per heavy atom. The molecular formula is C12H19NO7Si. The summed E-state index contributed by atoms with van der Waals surface area (Å²) in [6.45, 7) is 6.77. The fourth-order valence-corrected chi connectivity index (χ4v) is 3.74. The van der Waals surface area contributed by atoms with E-state index in [0.717, 1.165) is 19.9 Å². The Morgan fingerprint density at radius 1 is 1.10 bits per heavy atom. The van der Waals surface area contributed by atoms with E-state index in [-0.39, 0.29) is 6.04 Å². The first-order valence-corrected chi connectivity index (χ1v) is 8.19. The number of carbonyl (C=O) groups excluding carboxylic acids is 4. The van der Waals surface area contributed by atoms with E-state index in [2.05, 4.69) is 11.9 Å². The molecule has 8 nitrogen and oxygen atoms in total. The minimum absolute atomic E-state index is 0.104. The molecule has 0 aliphatic rings. The van der Waals surface area contributed by atoms with E-state index in [4.69, 9.17) is 13.3 Å². The summed E-state index contributed by atoms with van der Waals surface area (Å²) in [7, 11) is -3.79. The molecule has 118 valence electrons. The lowest BCUT2D eigenvalue weighted by atomic mass is 10.5. The van der Waals surface area contributed by atoms with Gasteiger partial charge in [-0.2, -0.15) is 0 Å². The Kier molecular flexibility index (Phi) is 7.98. The summed E-state index contributed by atoms with van der Waals surface area (Å²) in [6.07, 6.45) is 1.46. The molecule has 9 heteroatoms. The highest BCUT2D eigenvalue weighted by atomic mass is 28.4. The van der Waals surface area contributed by atoms with Crippen molar-refractivity contribution in [3.8, 4) is 0 Å². The van der Waals surface area contributed by atoms with Crippen molar-refractivity contribution in [1.29, 1.82) is 0 Å². The van der Waals surface area contributed by atoms with Crippen LogP contribution in [0.3, 0.4) is 0 Å². The van der Waals surface area contributed by atoms with E-state index < -0.39 is 39.2 Å². The second kappa shape index (κ2) is 8.90. The van der Waals surface area contributed by atoms with Crippen LogP contribution in [0.4, 0.5) is 0 Å². The molecule has 0 aliphatic heterocycles. The molecule has 21 heavy (non-hydrogen) atoms. The van der Waals surface area contributed by atoms with Crippen LogP contribution in [-0.4, -0.2) is 39.2 Å². The van der Waals surface area contributed by atoms with Crippen LogP contribution in [0, 0.1) is 0 Å². The molecule has 0 aromatic rings. The van der Waals surface area contributed by atoms with Gasteiger partial charge in [-0.1, -0.05) is 13.5 Å². The van der Waals surface area contributed by atoms with Crippen LogP contribution in [0.25, 0.3) is 0 Å². The molecule has 1 amide bonds. The molecule has 0 saturated heterocycles. The molecule has 0 heterocycles. The Hall–Kier alpha value is -2.16. The highest BCUT2D eigenvalue weighted by molar-refractivity contribution is 6.65. The molecule has 0 atom stereocenters. The van der Waals surface area contributed by atoms with E-state index in [0.29, 0.717) is 6.42 Å². The van der Waals surface area contributed by atoms with Crippen molar-refractivity contribution in [3.63, 3.8) is 0 Å². The van der Waals surface area contributed by atoms with Gasteiger partial charge in [0.15, 0.2) is 0 Å². The summed E-state index contributed by atoms with van der Waals surface area (Å²) >= 11 is 0. The predicted molar refractivity (Wildman–Crippen MR) is 73.7 cm³/mol. The van der Waals surface area contributed by atoms with Crippen LogP contribution in [0.2, 0.25) is 6.04 Å². The highest BCUT2D eigenvalue weighted by Crippen LogP contribution is 2.19. The van der Waals surface area contributed by atoms with Crippen molar-refractivity contribution in [2.75, 3.05) is 6.54 Å². The van der Waals surface area contributed by atoms with Gasteiger partial charge >= 0.3 is 14.8 Å². The highest BCUT2D eigenvalue weighted by Gasteiger charge is 2.51. The van der Waals surface area contributed by atoms with E-state index in [1.807, 2.05) is 0 Å². The molecule has 0 saturated carbocycles. The smallest absolute Gasteiger partial charge is 0.455 e. The molecule has 0 rings (SSSR count). The van der Waals surface area contributed by atoms with Crippen LogP contribution >= 0.6 is 0 Å². The molecule has 0 unspecified atom stereocenters. The van der Waals surface area contributed by atoms with Gasteiger partial charge in [0.1, 0.15) is 6.54 Å². The zero-order valence-corrected chi connectivity index (χ0v) is 13.3. The van der Waals surface area contributed by atoms with Crippen LogP contribution in [0.5, 0.6) is 0 Å². The summed E-state index contributed by atoms with van der Waals surface area (Å²) in [5.74, 6) is -2.87. The van der Waals surface area contributed by atoms with Gasteiger partial charge in [-0.15, -0.1) is 0 Å². The number of amides is 1. The van der Waals surface area contributed by atoms with Gasteiger partial charge in [0.05, 0.1) is 6.04 Å². The lowest BCUT2D eigenvalue weighted by molar-refractivity contribution is -0.149. The van der Waals surface area contributed by atoms with Gasteiger partial charge in [-0.3, -0.25) is 19.2 Å². The number of hydrogen-bond acceptors (Lipinski definition) is 7. The average Bonchev–Trinajstić information content (AvgIpc) is 2.34. The topological polar surface area (TPSA) is 108 Å². The predicted octanol–water partition coefficient (Wildman–Crippen LogP) is 0.307. The standard InChI is InChI=1S/C12H19NO7Si/c1-5-7-21(18-9(3)14,19-10(4)15)20-12(17)8-13-11(16)6-2/h6H,2,5,7-8H2,1,3-4H3,(H,13,16). The molecule has 0 bridgehead atoms. The monoisotopic (exact) mass is 317 g/mol. The number of nitrogens with one attached hydrogen (secondary N) is 1. The lowest BCUT2D eigenvalue weighted by Gasteiger charge is -2.26. The minimum Gasteiger partial charge on any atom is -0.455 e. The van der Waals surface area contributed by atoms with Crippen molar-refractivity contribution < 1.29 is 32.5 Å². The minimum atomic E-state index is -3.79. The summed E-state index contributed by atoms with van der Waals surface area (Å²) in [6, 6.07) is 0.104. The van der Waals surface area contributed by atoms with E-state index in [1.165, 1.54) is 0 Å². The zero-order chi connectivity index (χ0) is 16.5. The van der Waals surface area contributed by atoms with Crippen molar-refractivity contribution in [2.45, 2.75) is 33.2 Å². The van der Waals surface area contributed by atoms with Gasteiger partial charge in [0.25, 0.3) is 11.9 Å². The molecular weight excluding hydrogens is 298 g/mol. The van der Waals surface area contributed by atoms with Gasteiger partial charge in [0, 0.05) is 13.8 Å². The Balaban J connectivity index is 4.95. The number of hydrogen-bond donors (Lipinski definition) is 1. The fourth-order valence-electron chi connectivity index (χ4n) is 1.40. The second-order valence-electron chi connectivity index (χ2n) is 4.02. The first kappa shape index (κ1) is 18.8. The van der Waals surface area contributed by atoms with Crippen molar-refractivity contribution in [1.82, 2.24) is 5.32 Å². The first-order valence-electron chi connectivity index (χ1n) is 6.26. The largest absolute Gasteiger partial charge is 0.705 e. The molecule has 0 radical (unpaired) electrons. The average molecular weight is 317 g/mol. The van der Waals surface area contributed by atoms with Crippen molar-refractivity contribution in [2.24, 2.45) is 0 Å². The maximum absolute atomic E-state index is 11.7. The Bertz CT molecular complexity index is 419. The fraction of sp³-hybridized carbons (Fsp3) is 0.500. The van der Waals surface area contributed by atoms with E-state index in [1.54, 1.807) is 6.92 Å². The maximum Gasteiger partial charge on any atom is 0.705 e. The van der Waals surface area contributed by atoms with Crippen LogP contribution < -0.4 is 5.32 Å².